The van der Waals surface area contributed by atoms with Gasteiger partial charge in [-0.15, -0.1) is 0 Å². The highest BCUT2D eigenvalue weighted by molar-refractivity contribution is 7.97. The molecule has 106 valence electrons. The first-order chi connectivity index (χ1) is 10.3. The van der Waals surface area contributed by atoms with Gasteiger partial charge in [-0.3, -0.25) is 10.1 Å². The van der Waals surface area contributed by atoms with E-state index in [9.17, 15) is 4.79 Å². The number of fused-ring (bicyclic) bond motifs is 1. The number of rotatable bonds is 4. The molecule has 3 aromatic rings. The molecule has 5 heteroatoms. The number of hydrogen-bond acceptors (Lipinski definition) is 4. The summed E-state index contributed by atoms with van der Waals surface area (Å²) in [5.41, 5.74) is 2.78. The fourth-order valence-corrected chi connectivity index (χ4v) is 3.40. The van der Waals surface area contributed by atoms with Crippen molar-refractivity contribution in [2.45, 2.75) is 5.75 Å². The summed E-state index contributed by atoms with van der Waals surface area (Å²) in [5.74, 6) is 0.838. The standard InChI is InChI=1S/C16H14N2OS2/c1-20-10-11-6-8-12(9-7-11)15(19)18-16-17-13-4-2-3-5-14(13)21-16/h2-9H,10H2,1H3,(H,17,18,19). The Kier molecular flexibility index (Phi) is 4.22. The minimum Gasteiger partial charge on any atom is -0.298 e. The lowest BCUT2D eigenvalue weighted by atomic mass is 10.1. The molecule has 0 spiro atoms. The summed E-state index contributed by atoms with van der Waals surface area (Å²) in [5, 5.41) is 3.50. The topological polar surface area (TPSA) is 42.0 Å². The summed E-state index contributed by atoms with van der Waals surface area (Å²) in [7, 11) is 0. The minimum atomic E-state index is -0.121. The van der Waals surface area contributed by atoms with Gasteiger partial charge < -0.3 is 0 Å². The van der Waals surface area contributed by atoms with Crippen LogP contribution in [-0.4, -0.2) is 17.1 Å². The number of anilines is 1. The van der Waals surface area contributed by atoms with Gasteiger partial charge in [0, 0.05) is 11.3 Å². The van der Waals surface area contributed by atoms with Crippen molar-refractivity contribution in [3.05, 3.63) is 59.7 Å². The number of carbonyl (C=O) groups is 1. The van der Waals surface area contributed by atoms with Crippen molar-refractivity contribution in [1.82, 2.24) is 4.98 Å². The molecule has 21 heavy (non-hydrogen) atoms. The Morgan fingerprint density at radius 3 is 2.67 bits per heavy atom. The number of nitrogens with one attached hydrogen (secondary N) is 1. The lowest BCUT2D eigenvalue weighted by Crippen LogP contribution is -2.11. The zero-order valence-corrected chi connectivity index (χ0v) is 13.1. The van der Waals surface area contributed by atoms with Crippen LogP contribution in [0.4, 0.5) is 5.13 Å². The van der Waals surface area contributed by atoms with Gasteiger partial charge in [0.15, 0.2) is 5.13 Å². The maximum Gasteiger partial charge on any atom is 0.257 e. The predicted molar refractivity (Wildman–Crippen MR) is 91.2 cm³/mol. The molecule has 3 nitrogen and oxygen atoms in total. The Labute approximate surface area is 131 Å². The zero-order chi connectivity index (χ0) is 14.7. The van der Waals surface area contributed by atoms with Crippen LogP contribution in [0.15, 0.2) is 48.5 Å². The second-order valence-corrected chi connectivity index (χ2v) is 6.47. The lowest BCUT2D eigenvalue weighted by Gasteiger charge is -2.03. The molecule has 1 heterocycles. The molecule has 1 amide bonds. The summed E-state index contributed by atoms with van der Waals surface area (Å²) in [4.78, 5) is 16.6. The molecule has 1 aromatic heterocycles. The second-order valence-electron chi connectivity index (χ2n) is 4.57. The molecular formula is C16H14N2OS2. The maximum atomic E-state index is 12.2. The van der Waals surface area contributed by atoms with Crippen molar-refractivity contribution < 1.29 is 4.79 Å². The number of carbonyl (C=O) groups excluding carboxylic acids is 1. The average Bonchev–Trinajstić information content (AvgIpc) is 2.90. The van der Waals surface area contributed by atoms with Crippen molar-refractivity contribution in [3.8, 4) is 0 Å². The molecule has 0 aliphatic rings. The Hall–Kier alpha value is -1.85. The fourth-order valence-electron chi connectivity index (χ4n) is 2.01. The first-order valence-corrected chi connectivity index (χ1v) is 8.72. The first kappa shape index (κ1) is 14.1. The normalized spacial score (nSPS) is 10.7. The highest BCUT2D eigenvalue weighted by Crippen LogP contribution is 2.25. The Bertz CT molecular complexity index is 732. The molecule has 1 N–H and O–H groups in total. The maximum absolute atomic E-state index is 12.2. The number of amides is 1. The number of thiazole rings is 1. The number of para-hydroxylation sites is 1. The van der Waals surface area contributed by atoms with Crippen molar-refractivity contribution in [2.24, 2.45) is 0 Å². The molecule has 0 atom stereocenters. The molecule has 0 unspecified atom stereocenters. The lowest BCUT2D eigenvalue weighted by molar-refractivity contribution is 0.102. The van der Waals surface area contributed by atoms with Crippen LogP contribution in [0.25, 0.3) is 10.2 Å². The van der Waals surface area contributed by atoms with E-state index in [1.165, 1.54) is 16.9 Å². The third kappa shape index (κ3) is 3.25. The molecule has 0 radical (unpaired) electrons. The van der Waals surface area contributed by atoms with Crippen molar-refractivity contribution >= 4 is 44.4 Å². The third-order valence-corrected chi connectivity index (χ3v) is 4.62. The van der Waals surface area contributed by atoms with Gasteiger partial charge in [-0.25, -0.2) is 4.98 Å². The summed E-state index contributed by atoms with van der Waals surface area (Å²) >= 11 is 3.25. The summed E-state index contributed by atoms with van der Waals surface area (Å²) < 4.78 is 1.07. The van der Waals surface area contributed by atoms with E-state index in [0.717, 1.165) is 16.0 Å². The number of thioether (sulfide) groups is 1. The van der Waals surface area contributed by atoms with Crippen molar-refractivity contribution in [3.63, 3.8) is 0 Å². The van der Waals surface area contributed by atoms with Crippen LogP contribution in [-0.2, 0) is 5.75 Å². The van der Waals surface area contributed by atoms with E-state index >= 15 is 0 Å². The molecule has 0 aliphatic heterocycles. The quantitative estimate of drug-likeness (QED) is 0.775. The molecule has 0 saturated heterocycles. The van der Waals surface area contributed by atoms with Crippen LogP contribution in [0.2, 0.25) is 0 Å². The zero-order valence-electron chi connectivity index (χ0n) is 11.5. The highest BCUT2D eigenvalue weighted by Gasteiger charge is 2.09. The van der Waals surface area contributed by atoms with E-state index in [4.69, 9.17) is 0 Å². The van der Waals surface area contributed by atoms with Crippen LogP contribution >= 0.6 is 23.1 Å². The largest absolute Gasteiger partial charge is 0.298 e. The van der Waals surface area contributed by atoms with E-state index in [1.54, 1.807) is 11.8 Å². The third-order valence-electron chi connectivity index (χ3n) is 3.04. The van der Waals surface area contributed by atoms with Gasteiger partial charge in [0.05, 0.1) is 10.2 Å². The van der Waals surface area contributed by atoms with E-state index in [2.05, 4.69) is 16.6 Å². The number of aromatic nitrogens is 1. The highest BCUT2D eigenvalue weighted by atomic mass is 32.2. The molecule has 0 saturated carbocycles. The van der Waals surface area contributed by atoms with Gasteiger partial charge in [0.25, 0.3) is 5.91 Å². The van der Waals surface area contributed by atoms with Gasteiger partial charge in [0.2, 0.25) is 0 Å². The van der Waals surface area contributed by atoms with Crippen molar-refractivity contribution in [1.29, 1.82) is 0 Å². The van der Waals surface area contributed by atoms with Crippen LogP contribution in [0.1, 0.15) is 15.9 Å². The van der Waals surface area contributed by atoms with E-state index in [1.807, 2.05) is 48.5 Å². The molecule has 0 fully saturated rings. The second kappa shape index (κ2) is 6.28. The Balaban J connectivity index is 1.76. The fraction of sp³-hybridized carbons (Fsp3) is 0.125. The molecule has 2 aromatic carbocycles. The first-order valence-electron chi connectivity index (χ1n) is 6.51. The smallest absolute Gasteiger partial charge is 0.257 e. The number of hydrogen-bond donors (Lipinski definition) is 1. The SMILES string of the molecule is CSCc1ccc(C(=O)Nc2nc3ccccc3s2)cc1. The van der Waals surface area contributed by atoms with Gasteiger partial charge in [-0.1, -0.05) is 35.6 Å². The molecule has 3 rings (SSSR count). The summed E-state index contributed by atoms with van der Waals surface area (Å²) in [6.45, 7) is 0. The minimum absolute atomic E-state index is 0.121. The van der Waals surface area contributed by atoms with Crippen LogP contribution < -0.4 is 5.32 Å². The number of nitrogens with zero attached hydrogens (tertiary/aromatic N) is 1. The van der Waals surface area contributed by atoms with Gasteiger partial charge in [0.1, 0.15) is 0 Å². The van der Waals surface area contributed by atoms with Crippen LogP contribution in [0, 0.1) is 0 Å². The Morgan fingerprint density at radius 1 is 1.19 bits per heavy atom. The van der Waals surface area contributed by atoms with E-state index in [-0.39, 0.29) is 5.91 Å². The van der Waals surface area contributed by atoms with E-state index in [0.29, 0.717) is 10.7 Å². The predicted octanol–water partition coefficient (Wildman–Crippen LogP) is 4.41. The van der Waals surface area contributed by atoms with Crippen molar-refractivity contribution in [2.75, 3.05) is 11.6 Å². The van der Waals surface area contributed by atoms with E-state index < -0.39 is 0 Å². The number of benzene rings is 2. The van der Waals surface area contributed by atoms with Gasteiger partial charge >= 0.3 is 0 Å². The monoisotopic (exact) mass is 314 g/mol. The molecular weight excluding hydrogens is 300 g/mol. The molecule has 0 aliphatic carbocycles. The van der Waals surface area contributed by atoms with Gasteiger partial charge in [-0.2, -0.15) is 11.8 Å². The van der Waals surface area contributed by atoms with Gasteiger partial charge in [-0.05, 0) is 36.1 Å². The Morgan fingerprint density at radius 2 is 1.95 bits per heavy atom. The summed E-state index contributed by atoms with van der Waals surface area (Å²) in [6.07, 6.45) is 2.06. The average molecular weight is 314 g/mol. The van der Waals surface area contributed by atoms with Crippen LogP contribution in [0.5, 0.6) is 0 Å². The summed E-state index contributed by atoms with van der Waals surface area (Å²) in [6, 6.07) is 15.5. The molecule has 0 bridgehead atoms. The van der Waals surface area contributed by atoms with Crippen LogP contribution in [0.3, 0.4) is 0 Å².